The van der Waals surface area contributed by atoms with Crippen LogP contribution in [0.2, 0.25) is 0 Å². The molecule has 2 saturated carbocycles. The zero-order valence-corrected chi connectivity index (χ0v) is 23.4. The van der Waals surface area contributed by atoms with Gasteiger partial charge >= 0.3 is 0 Å². The largest absolute Gasteiger partial charge is 0.381 e. The van der Waals surface area contributed by atoms with E-state index in [9.17, 15) is 9.59 Å². The van der Waals surface area contributed by atoms with E-state index < -0.39 is 11.5 Å². The van der Waals surface area contributed by atoms with Crippen molar-refractivity contribution in [1.29, 1.82) is 0 Å². The molecule has 3 aromatic rings. The van der Waals surface area contributed by atoms with E-state index in [1.165, 1.54) is 30.4 Å². The number of amides is 2. The lowest BCUT2D eigenvalue weighted by Gasteiger charge is -2.40. The second-order valence-electron chi connectivity index (χ2n) is 12.6. The minimum Gasteiger partial charge on any atom is -0.381 e. The molecule has 1 aromatic heterocycles. The molecule has 3 N–H and O–H groups in total. The third kappa shape index (κ3) is 4.33. The van der Waals surface area contributed by atoms with Crippen LogP contribution in [0.3, 0.4) is 0 Å². The molecule has 1 aliphatic heterocycles. The molecule has 210 valence electrons. The van der Waals surface area contributed by atoms with E-state index in [0.717, 1.165) is 48.1 Å². The summed E-state index contributed by atoms with van der Waals surface area (Å²) < 4.78 is 5.71. The van der Waals surface area contributed by atoms with Crippen LogP contribution in [0, 0.1) is 11.3 Å². The third-order valence-corrected chi connectivity index (χ3v) is 10.4. The molecular formula is C33H40N4O3. The molecule has 0 bridgehead atoms. The molecule has 2 amide bonds. The van der Waals surface area contributed by atoms with E-state index in [4.69, 9.17) is 9.72 Å². The fourth-order valence-electron chi connectivity index (χ4n) is 7.63. The Kier molecular flexibility index (Phi) is 6.45. The molecule has 1 saturated heterocycles. The molecule has 2 heterocycles. The van der Waals surface area contributed by atoms with Gasteiger partial charge in [-0.25, -0.2) is 4.98 Å². The minimum absolute atomic E-state index is 0.0590. The minimum atomic E-state index is -0.728. The van der Waals surface area contributed by atoms with Crippen molar-refractivity contribution in [1.82, 2.24) is 20.6 Å². The van der Waals surface area contributed by atoms with Gasteiger partial charge in [-0.05, 0) is 97.9 Å². The third-order valence-electron chi connectivity index (χ3n) is 10.4. The van der Waals surface area contributed by atoms with Crippen LogP contribution < -0.4 is 10.6 Å². The number of fused-ring (bicyclic) bond motifs is 2. The SMILES string of the molecule is CCNC(=O)[C@H](NC(=O)C1(c2ccc3nc(C[C@@H]4c5ccccc5CC45CC5)[nH]c3c2)CCOCC1)C1CCC1. The molecule has 40 heavy (non-hydrogen) atoms. The summed E-state index contributed by atoms with van der Waals surface area (Å²) in [7, 11) is 0. The van der Waals surface area contributed by atoms with E-state index in [0.29, 0.717) is 43.9 Å². The number of carbonyl (C=O) groups is 2. The van der Waals surface area contributed by atoms with Gasteiger partial charge in [0.2, 0.25) is 11.8 Å². The van der Waals surface area contributed by atoms with E-state index in [-0.39, 0.29) is 17.7 Å². The number of ether oxygens (including phenoxy) is 1. The van der Waals surface area contributed by atoms with Crippen molar-refractivity contribution >= 4 is 22.8 Å². The first-order chi connectivity index (χ1) is 19.5. The topological polar surface area (TPSA) is 96.1 Å². The maximum atomic E-state index is 14.1. The number of aromatic nitrogens is 2. The lowest BCUT2D eigenvalue weighted by Crippen LogP contribution is -2.58. The predicted octanol–water partition coefficient (Wildman–Crippen LogP) is 4.69. The van der Waals surface area contributed by atoms with Gasteiger partial charge in [0, 0.05) is 26.2 Å². The Bertz CT molecular complexity index is 1430. The molecule has 7 rings (SSSR count). The Labute approximate surface area is 235 Å². The average molecular weight is 541 g/mol. The molecule has 4 aliphatic rings. The van der Waals surface area contributed by atoms with E-state index in [2.05, 4.69) is 58.1 Å². The first-order valence-corrected chi connectivity index (χ1v) is 15.2. The molecular weight excluding hydrogens is 500 g/mol. The molecule has 2 atom stereocenters. The van der Waals surface area contributed by atoms with Gasteiger partial charge < -0.3 is 20.4 Å². The summed E-state index contributed by atoms with van der Waals surface area (Å²) in [4.78, 5) is 35.6. The van der Waals surface area contributed by atoms with Gasteiger partial charge in [-0.2, -0.15) is 0 Å². The Balaban J connectivity index is 1.17. The van der Waals surface area contributed by atoms with Crippen molar-refractivity contribution < 1.29 is 14.3 Å². The van der Waals surface area contributed by atoms with Crippen LogP contribution >= 0.6 is 0 Å². The number of likely N-dealkylation sites (N-methyl/N-ethyl adjacent to an activating group) is 1. The Morgan fingerprint density at radius 1 is 1.10 bits per heavy atom. The number of benzene rings is 2. The number of H-pyrrole nitrogens is 1. The quantitative estimate of drug-likeness (QED) is 0.386. The van der Waals surface area contributed by atoms with Gasteiger partial charge in [-0.3, -0.25) is 9.59 Å². The van der Waals surface area contributed by atoms with Crippen molar-refractivity contribution in [3.8, 4) is 0 Å². The Morgan fingerprint density at radius 2 is 1.90 bits per heavy atom. The molecule has 1 spiro atoms. The van der Waals surface area contributed by atoms with Crippen LogP contribution in [0.5, 0.6) is 0 Å². The molecule has 7 nitrogen and oxygen atoms in total. The zero-order valence-electron chi connectivity index (χ0n) is 23.4. The Hall–Kier alpha value is -3.19. The predicted molar refractivity (Wildman–Crippen MR) is 154 cm³/mol. The van der Waals surface area contributed by atoms with Crippen molar-refractivity contribution in [2.75, 3.05) is 19.8 Å². The lowest BCUT2D eigenvalue weighted by atomic mass is 9.72. The lowest BCUT2D eigenvalue weighted by molar-refractivity contribution is -0.136. The number of hydrogen-bond acceptors (Lipinski definition) is 4. The molecule has 0 radical (unpaired) electrons. The summed E-state index contributed by atoms with van der Waals surface area (Å²) in [5.41, 5.74) is 5.57. The molecule has 2 aromatic carbocycles. The molecule has 3 aliphatic carbocycles. The number of nitrogens with zero attached hydrogens (tertiary/aromatic N) is 1. The second-order valence-corrected chi connectivity index (χ2v) is 12.6. The van der Waals surface area contributed by atoms with Gasteiger partial charge in [0.05, 0.1) is 16.4 Å². The molecule has 7 heteroatoms. The van der Waals surface area contributed by atoms with Crippen molar-refractivity contribution in [3.05, 3.63) is 65.0 Å². The number of aromatic amines is 1. The van der Waals surface area contributed by atoms with Gasteiger partial charge in [0.1, 0.15) is 11.9 Å². The van der Waals surface area contributed by atoms with Crippen LogP contribution in [0.25, 0.3) is 11.0 Å². The first kappa shape index (κ1) is 25.8. The van der Waals surface area contributed by atoms with Crippen LogP contribution in [-0.2, 0) is 32.6 Å². The number of hydrogen-bond donors (Lipinski definition) is 3. The maximum Gasteiger partial charge on any atom is 0.242 e. The standard InChI is InChI=1S/C33H40N4O3/c1-2-34-30(38)29(21-7-5-8-21)37-31(39)33(14-16-40-17-15-33)23-10-11-26-27(18-23)36-28(35-26)19-25-24-9-4-3-6-22(24)20-32(25)12-13-32/h3-4,6,9-11,18,21,25,29H,2,5,7-8,12-17,19-20H2,1H3,(H,34,38)(H,35,36)(H,37,39)/t25-,29-/m1/s1. The first-order valence-electron chi connectivity index (χ1n) is 15.2. The van der Waals surface area contributed by atoms with Gasteiger partial charge in [-0.15, -0.1) is 0 Å². The summed E-state index contributed by atoms with van der Waals surface area (Å²) in [5, 5.41) is 6.14. The highest BCUT2D eigenvalue weighted by molar-refractivity contribution is 5.94. The van der Waals surface area contributed by atoms with Gasteiger partial charge in [-0.1, -0.05) is 36.8 Å². The number of nitrogens with one attached hydrogen (secondary N) is 3. The van der Waals surface area contributed by atoms with E-state index in [1.807, 2.05) is 6.92 Å². The van der Waals surface area contributed by atoms with Crippen LogP contribution in [0.15, 0.2) is 42.5 Å². The summed E-state index contributed by atoms with van der Waals surface area (Å²) >= 11 is 0. The van der Waals surface area contributed by atoms with Gasteiger partial charge in [0.25, 0.3) is 0 Å². The summed E-state index contributed by atoms with van der Waals surface area (Å²) in [6.07, 6.45) is 8.97. The average Bonchev–Trinajstić information content (AvgIpc) is 3.49. The van der Waals surface area contributed by atoms with Crippen molar-refractivity contribution in [2.45, 2.75) is 82.1 Å². The zero-order chi connectivity index (χ0) is 27.3. The number of carbonyl (C=O) groups excluding carboxylic acids is 2. The highest BCUT2D eigenvalue weighted by Crippen LogP contribution is 2.63. The summed E-state index contributed by atoms with van der Waals surface area (Å²) in [6, 6.07) is 14.7. The summed E-state index contributed by atoms with van der Waals surface area (Å²) in [5.74, 6) is 1.61. The monoisotopic (exact) mass is 540 g/mol. The summed E-state index contributed by atoms with van der Waals surface area (Å²) in [6.45, 7) is 3.53. The van der Waals surface area contributed by atoms with E-state index >= 15 is 0 Å². The molecule has 0 unspecified atom stereocenters. The number of rotatable bonds is 8. The second kappa shape index (κ2) is 10.0. The van der Waals surface area contributed by atoms with Crippen LogP contribution in [0.1, 0.15) is 80.3 Å². The highest BCUT2D eigenvalue weighted by atomic mass is 16.5. The van der Waals surface area contributed by atoms with Crippen molar-refractivity contribution in [2.24, 2.45) is 11.3 Å². The molecule has 3 fully saturated rings. The number of imidazole rings is 1. The highest BCUT2D eigenvalue weighted by Gasteiger charge is 2.54. The van der Waals surface area contributed by atoms with E-state index in [1.54, 1.807) is 0 Å². The van der Waals surface area contributed by atoms with Crippen molar-refractivity contribution in [3.63, 3.8) is 0 Å². The fourth-order valence-corrected chi connectivity index (χ4v) is 7.63. The van der Waals surface area contributed by atoms with Gasteiger partial charge in [0.15, 0.2) is 0 Å². The smallest absolute Gasteiger partial charge is 0.242 e. The fraction of sp³-hybridized carbons (Fsp3) is 0.545. The maximum absolute atomic E-state index is 14.1. The Morgan fingerprint density at radius 3 is 2.62 bits per heavy atom. The van der Waals surface area contributed by atoms with Crippen LogP contribution in [-0.4, -0.2) is 47.6 Å². The van der Waals surface area contributed by atoms with Crippen LogP contribution in [0.4, 0.5) is 0 Å². The normalized spacial score (nSPS) is 23.4.